The van der Waals surface area contributed by atoms with Crippen LogP contribution >= 0.6 is 11.3 Å². The van der Waals surface area contributed by atoms with Crippen LogP contribution in [0.5, 0.6) is 0 Å². The zero-order chi connectivity index (χ0) is 13.8. The first-order valence-electron chi connectivity index (χ1n) is 6.00. The second-order valence-electron chi connectivity index (χ2n) is 4.47. The molecule has 2 heterocycles. The Labute approximate surface area is 116 Å². The van der Waals surface area contributed by atoms with E-state index in [1.54, 1.807) is 23.3 Å². The standard InChI is InChI=1S/C13H17N3O2S/c1-9-4-5-19-12(9)7-14-13(17)16(3)8-11-6-10(2)18-15-11/h4-6H,7-8H2,1-3H3,(H,14,17). The Hall–Kier alpha value is -1.82. The monoisotopic (exact) mass is 279 g/mol. The maximum absolute atomic E-state index is 11.9. The molecule has 0 aliphatic carbocycles. The van der Waals surface area contributed by atoms with Crippen molar-refractivity contribution in [1.82, 2.24) is 15.4 Å². The molecule has 2 amide bonds. The van der Waals surface area contributed by atoms with Crippen LogP contribution in [0.2, 0.25) is 0 Å². The van der Waals surface area contributed by atoms with Gasteiger partial charge in [0.25, 0.3) is 0 Å². The summed E-state index contributed by atoms with van der Waals surface area (Å²) >= 11 is 1.65. The number of aryl methyl sites for hydroxylation is 2. The van der Waals surface area contributed by atoms with Gasteiger partial charge in [-0.3, -0.25) is 0 Å². The summed E-state index contributed by atoms with van der Waals surface area (Å²) in [5, 5.41) is 8.79. The van der Waals surface area contributed by atoms with Crippen molar-refractivity contribution >= 4 is 17.4 Å². The van der Waals surface area contributed by atoms with Gasteiger partial charge in [0.2, 0.25) is 0 Å². The molecule has 0 aliphatic rings. The molecule has 0 saturated heterocycles. The number of nitrogens with one attached hydrogen (secondary N) is 1. The molecule has 0 fully saturated rings. The van der Waals surface area contributed by atoms with Crippen LogP contribution in [0.3, 0.4) is 0 Å². The SMILES string of the molecule is Cc1cc(CN(C)C(=O)NCc2sccc2C)no1. The number of rotatable bonds is 4. The summed E-state index contributed by atoms with van der Waals surface area (Å²) in [5.74, 6) is 0.748. The first-order chi connectivity index (χ1) is 9.06. The second-order valence-corrected chi connectivity index (χ2v) is 5.47. The maximum atomic E-state index is 11.9. The number of hydrogen-bond donors (Lipinski definition) is 1. The molecule has 0 radical (unpaired) electrons. The van der Waals surface area contributed by atoms with Gasteiger partial charge in [0.05, 0.1) is 13.1 Å². The Morgan fingerprint density at radius 1 is 1.53 bits per heavy atom. The molecule has 0 aromatic carbocycles. The van der Waals surface area contributed by atoms with Gasteiger partial charge in [-0.2, -0.15) is 0 Å². The van der Waals surface area contributed by atoms with E-state index >= 15 is 0 Å². The third kappa shape index (κ3) is 3.57. The summed E-state index contributed by atoms with van der Waals surface area (Å²) in [5.41, 5.74) is 1.96. The van der Waals surface area contributed by atoms with E-state index in [0.29, 0.717) is 13.1 Å². The fraction of sp³-hybridized carbons (Fsp3) is 0.385. The largest absolute Gasteiger partial charge is 0.361 e. The molecule has 2 aromatic heterocycles. The molecule has 19 heavy (non-hydrogen) atoms. The highest BCUT2D eigenvalue weighted by molar-refractivity contribution is 7.10. The average molecular weight is 279 g/mol. The third-order valence-electron chi connectivity index (χ3n) is 2.79. The number of hydrogen-bond acceptors (Lipinski definition) is 4. The molecule has 0 saturated carbocycles. The number of nitrogens with zero attached hydrogens (tertiary/aromatic N) is 2. The van der Waals surface area contributed by atoms with Crippen LogP contribution in [0.15, 0.2) is 22.0 Å². The number of carbonyl (C=O) groups is 1. The van der Waals surface area contributed by atoms with Crippen LogP contribution in [0.4, 0.5) is 4.79 Å². The maximum Gasteiger partial charge on any atom is 0.317 e. The molecule has 5 nitrogen and oxygen atoms in total. The van der Waals surface area contributed by atoms with E-state index in [9.17, 15) is 4.79 Å². The van der Waals surface area contributed by atoms with Crippen LogP contribution in [-0.4, -0.2) is 23.1 Å². The van der Waals surface area contributed by atoms with Gasteiger partial charge in [0, 0.05) is 18.0 Å². The molecular formula is C13H17N3O2S. The smallest absolute Gasteiger partial charge is 0.317 e. The quantitative estimate of drug-likeness (QED) is 0.936. The second kappa shape index (κ2) is 5.88. The fourth-order valence-electron chi connectivity index (χ4n) is 1.68. The van der Waals surface area contributed by atoms with Crippen LogP contribution < -0.4 is 5.32 Å². The van der Waals surface area contributed by atoms with Crippen molar-refractivity contribution in [2.24, 2.45) is 0 Å². The third-order valence-corrected chi connectivity index (χ3v) is 3.81. The van der Waals surface area contributed by atoms with Crippen molar-refractivity contribution in [1.29, 1.82) is 0 Å². The van der Waals surface area contributed by atoms with E-state index in [1.807, 2.05) is 31.4 Å². The molecule has 0 spiro atoms. The Morgan fingerprint density at radius 2 is 2.32 bits per heavy atom. The summed E-state index contributed by atoms with van der Waals surface area (Å²) in [4.78, 5) is 14.7. The highest BCUT2D eigenvalue weighted by Gasteiger charge is 2.11. The molecule has 102 valence electrons. The number of thiophene rings is 1. The lowest BCUT2D eigenvalue weighted by Gasteiger charge is -2.16. The van der Waals surface area contributed by atoms with E-state index in [0.717, 1.165) is 11.5 Å². The first-order valence-corrected chi connectivity index (χ1v) is 6.88. The van der Waals surface area contributed by atoms with Crippen molar-refractivity contribution < 1.29 is 9.32 Å². The molecule has 0 bridgehead atoms. The molecule has 1 N–H and O–H groups in total. The molecule has 6 heteroatoms. The Balaban J connectivity index is 1.84. The average Bonchev–Trinajstić information content (AvgIpc) is 2.95. The number of urea groups is 1. The van der Waals surface area contributed by atoms with Gasteiger partial charge in [-0.25, -0.2) is 4.79 Å². The van der Waals surface area contributed by atoms with Crippen LogP contribution in [-0.2, 0) is 13.1 Å². The topological polar surface area (TPSA) is 58.4 Å². The zero-order valence-electron chi connectivity index (χ0n) is 11.3. The van der Waals surface area contributed by atoms with Crippen molar-refractivity contribution in [3.8, 4) is 0 Å². The predicted octanol–water partition coefficient (Wildman–Crippen LogP) is 2.69. The Bertz CT molecular complexity index is 562. The van der Waals surface area contributed by atoms with Crippen molar-refractivity contribution in [3.05, 3.63) is 39.4 Å². The van der Waals surface area contributed by atoms with Gasteiger partial charge in [-0.1, -0.05) is 5.16 Å². The highest BCUT2D eigenvalue weighted by atomic mass is 32.1. The summed E-state index contributed by atoms with van der Waals surface area (Å²) < 4.78 is 4.97. The van der Waals surface area contributed by atoms with E-state index in [2.05, 4.69) is 10.5 Å². The predicted molar refractivity (Wildman–Crippen MR) is 74.0 cm³/mol. The van der Waals surface area contributed by atoms with Gasteiger partial charge in [0.15, 0.2) is 0 Å². The minimum absolute atomic E-state index is 0.117. The molecule has 0 aliphatic heterocycles. The van der Waals surface area contributed by atoms with E-state index in [1.165, 1.54) is 10.4 Å². The minimum Gasteiger partial charge on any atom is -0.361 e. The lowest BCUT2D eigenvalue weighted by molar-refractivity contribution is 0.205. The van der Waals surface area contributed by atoms with Crippen molar-refractivity contribution in [2.45, 2.75) is 26.9 Å². The molecule has 0 atom stereocenters. The first kappa shape index (κ1) is 13.6. The van der Waals surface area contributed by atoms with Gasteiger partial charge < -0.3 is 14.7 Å². The number of aromatic nitrogens is 1. The molecular weight excluding hydrogens is 262 g/mol. The zero-order valence-corrected chi connectivity index (χ0v) is 12.1. The van der Waals surface area contributed by atoms with Crippen molar-refractivity contribution in [3.63, 3.8) is 0 Å². The Morgan fingerprint density at radius 3 is 2.89 bits per heavy atom. The van der Waals surface area contributed by atoms with Crippen LogP contribution in [0.1, 0.15) is 21.9 Å². The number of amides is 2. The normalized spacial score (nSPS) is 10.5. The van der Waals surface area contributed by atoms with Crippen LogP contribution in [0.25, 0.3) is 0 Å². The summed E-state index contributed by atoms with van der Waals surface area (Å²) in [6.07, 6.45) is 0. The van der Waals surface area contributed by atoms with Crippen LogP contribution in [0, 0.1) is 13.8 Å². The summed E-state index contributed by atoms with van der Waals surface area (Å²) in [6.45, 7) is 4.87. The fourth-order valence-corrected chi connectivity index (χ4v) is 2.53. The van der Waals surface area contributed by atoms with Crippen molar-refractivity contribution in [2.75, 3.05) is 7.05 Å². The Kier molecular flexibility index (Phi) is 4.21. The van der Waals surface area contributed by atoms with Gasteiger partial charge in [-0.05, 0) is 30.9 Å². The highest BCUT2D eigenvalue weighted by Crippen LogP contribution is 2.15. The van der Waals surface area contributed by atoms with Gasteiger partial charge in [0.1, 0.15) is 11.5 Å². The lowest BCUT2D eigenvalue weighted by atomic mass is 10.3. The molecule has 2 rings (SSSR count). The minimum atomic E-state index is -0.117. The van der Waals surface area contributed by atoms with E-state index < -0.39 is 0 Å². The molecule has 0 unspecified atom stereocenters. The summed E-state index contributed by atoms with van der Waals surface area (Å²) in [6, 6.07) is 3.76. The number of carbonyl (C=O) groups excluding carboxylic acids is 1. The van der Waals surface area contributed by atoms with Gasteiger partial charge in [-0.15, -0.1) is 11.3 Å². The van der Waals surface area contributed by atoms with Gasteiger partial charge >= 0.3 is 6.03 Å². The molecule has 2 aromatic rings. The lowest BCUT2D eigenvalue weighted by Crippen LogP contribution is -2.36. The van der Waals surface area contributed by atoms with E-state index in [-0.39, 0.29) is 6.03 Å². The van der Waals surface area contributed by atoms with E-state index in [4.69, 9.17) is 4.52 Å². The summed E-state index contributed by atoms with van der Waals surface area (Å²) in [7, 11) is 1.74.